The van der Waals surface area contributed by atoms with Gasteiger partial charge < -0.3 is 24.4 Å². The Labute approximate surface area is 302 Å². The van der Waals surface area contributed by atoms with Crippen molar-refractivity contribution < 1.29 is 24.2 Å². The molecule has 2 amide bonds. The van der Waals surface area contributed by atoms with E-state index in [-0.39, 0.29) is 42.7 Å². The number of para-hydroxylation sites is 1. The van der Waals surface area contributed by atoms with Gasteiger partial charge >= 0.3 is 0 Å². The van der Waals surface area contributed by atoms with Crippen molar-refractivity contribution >= 4 is 40.1 Å². The number of carbonyl (C=O) groups excluding carboxylic acids is 2. The van der Waals surface area contributed by atoms with E-state index < -0.39 is 17.1 Å². The van der Waals surface area contributed by atoms with Gasteiger partial charge in [-0.2, -0.15) is 0 Å². The molecule has 5 atom stereocenters. The lowest BCUT2D eigenvalue weighted by Crippen LogP contribution is -2.48. The predicted molar refractivity (Wildman–Crippen MR) is 198 cm³/mol. The van der Waals surface area contributed by atoms with E-state index in [2.05, 4.69) is 73.7 Å². The van der Waals surface area contributed by atoms with E-state index in [1.54, 1.807) is 7.11 Å². The summed E-state index contributed by atoms with van der Waals surface area (Å²) in [6.45, 7) is 7.25. The highest BCUT2D eigenvalue weighted by Gasteiger charge is 2.66. The van der Waals surface area contributed by atoms with Gasteiger partial charge in [0.2, 0.25) is 5.91 Å². The number of fused-ring (bicyclic) bond motifs is 3. The van der Waals surface area contributed by atoms with Gasteiger partial charge in [-0.3, -0.25) is 9.59 Å². The number of halogens is 1. The van der Waals surface area contributed by atoms with Crippen molar-refractivity contribution in [3.05, 3.63) is 128 Å². The normalized spacial score (nSPS) is 24.7. The molecule has 3 aliphatic rings. The number of benzene rings is 4. The predicted octanol–water partition coefficient (Wildman–Crippen LogP) is 7.01. The summed E-state index contributed by atoms with van der Waals surface area (Å²) < 4.78 is 13.8. The van der Waals surface area contributed by atoms with Crippen LogP contribution in [0.25, 0.3) is 0 Å². The molecule has 7 rings (SSSR count). The summed E-state index contributed by atoms with van der Waals surface area (Å²) in [7, 11) is 1.66. The van der Waals surface area contributed by atoms with Crippen LogP contribution in [-0.4, -0.2) is 47.7 Å². The van der Waals surface area contributed by atoms with E-state index in [1.807, 2.05) is 76.5 Å². The minimum absolute atomic E-state index is 0.0761. The maximum atomic E-state index is 15.0. The summed E-state index contributed by atoms with van der Waals surface area (Å²) in [4.78, 5) is 33.1. The third kappa shape index (κ3) is 5.75. The second-order valence-corrected chi connectivity index (χ2v) is 15.5. The fourth-order valence-corrected chi connectivity index (χ4v) is 9.38. The Bertz CT molecular complexity index is 1880. The average Bonchev–Trinajstić information content (AvgIpc) is 3.53. The first kappa shape index (κ1) is 33.8. The highest BCUT2D eigenvalue weighted by Crippen LogP contribution is 2.60. The molecule has 1 saturated heterocycles. The van der Waals surface area contributed by atoms with Crippen molar-refractivity contribution in [3.63, 3.8) is 0 Å². The van der Waals surface area contributed by atoms with Crippen molar-refractivity contribution in [2.24, 2.45) is 11.8 Å². The molecule has 0 radical (unpaired) electrons. The van der Waals surface area contributed by atoms with Crippen LogP contribution < -0.4 is 9.64 Å². The number of nitrogens with zero attached hydrogens (tertiary/aromatic N) is 2. The second kappa shape index (κ2) is 13.2. The Hall–Kier alpha value is -3.73. The van der Waals surface area contributed by atoms with Crippen LogP contribution in [0, 0.1) is 15.4 Å². The van der Waals surface area contributed by atoms with Gasteiger partial charge in [-0.05, 0) is 87.0 Å². The summed E-state index contributed by atoms with van der Waals surface area (Å²) >= 11 is 2.30. The third-order valence-electron chi connectivity index (χ3n) is 11.2. The molecular formula is C41H43IN2O5. The summed E-state index contributed by atoms with van der Waals surface area (Å²) in [5.41, 5.74) is 4.33. The molecule has 49 heavy (non-hydrogen) atoms. The molecule has 4 aromatic rings. The zero-order valence-electron chi connectivity index (χ0n) is 28.4. The fraction of sp³-hybridized carbons (Fsp3) is 0.366. The lowest BCUT2D eigenvalue weighted by Gasteiger charge is -2.40. The van der Waals surface area contributed by atoms with Crippen molar-refractivity contribution in [3.8, 4) is 5.75 Å². The molecule has 3 heterocycles. The first-order valence-corrected chi connectivity index (χ1v) is 18.1. The molecule has 0 unspecified atom stereocenters. The van der Waals surface area contributed by atoms with Crippen LogP contribution in [0.3, 0.4) is 0 Å². The number of rotatable bonds is 8. The van der Waals surface area contributed by atoms with Crippen LogP contribution in [0.5, 0.6) is 5.75 Å². The number of hydrogen-bond acceptors (Lipinski definition) is 5. The molecule has 1 N–H and O–H groups in total. The lowest BCUT2D eigenvalue weighted by atomic mass is 9.63. The lowest BCUT2D eigenvalue weighted by molar-refractivity contribution is -0.151. The molecule has 0 aliphatic carbocycles. The van der Waals surface area contributed by atoms with Crippen LogP contribution in [0.1, 0.15) is 55.0 Å². The molecule has 8 heteroatoms. The SMILES string of the molecule is COc1ccc(C(C)(C)[C@H]2[C@H](CC(=O)N3Cc4ccccc4C[C@H]3CO)O[C@@]3(C(=O)N(Cc4cccc(I)c4)c4ccccc43)[C@@H]2C)cc1. The zero-order valence-corrected chi connectivity index (χ0v) is 30.6. The van der Waals surface area contributed by atoms with E-state index in [4.69, 9.17) is 9.47 Å². The van der Waals surface area contributed by atoms with Crippen LogP contribution in [0.4, 0.5) is 5.69 Å². The number of carbonyl (C=O) groups is 2. The van der Waals surface area contributed by atoms with Crippen molar-refractivity contribution in [1.82, 2.24) is 4.90 Å². The molecule has 7 nitrogen and oxygen atoms in total. The topological polar surface area (TPSA) is 79.3 Å². The van der Waals surface area contributed by atoms with Gasteiger partial charge in [0.1, 0.15) is 5.75 Å². The van der Waals surface area contributed by atoms with Crippen LogP contribution in [0.2, 0.25) is 0 Å². The molecule has 3 aliphatic heterocycles. The van der Waals surface area contributed by atoms with Crippen LogP contribution >= 0.6 is 22.6 Å². The number of methoxy groups -OCH3 is 1. The Morgan fingerprint density at radius 3 is 2.43 bits per heavy atom. The van der Waals surface area contributed by atoms with Gasteiger partial charge in [-0.1, -0.05) is 87.5 Å². The minimum Gasteiger partial charge on any atom is -0.497 e. The second-order valence-electron chi connectivity index (χ2n) is 14.2. The Balaban J connectivity index is 1.29. The number of amides is 2. The standard InChI is InChI=1S/C41H43IN2O5/c1-26-38(40(2,3)30-16-18-33(48-4)19-17-30)36(22-37(46)43-24-29-12-6-5-11-28(29)21-32(43)25-45)49-41(26)34-14-7-8-15-35(34)44(39(41)47)23-27-10-9-13-31(42)20-27/h5-20,26,32,36,38,45H,21-25H2,1-4H3/t26-,32+,36+,38-,41+/m1/s1. The van der Waals surface area contributed by atoms with E-state index in [0.717, 1.165) is 42.8 Å². The molecule has 1 spiro atoms. The van der Waals surface area contributed by atoms with E-state index >= 15 is 4.79 Å². The van der Waals surface area contributed by atoms with E-state index in [1.165, 1.54) is 0 Å². The van der Waals surface area contributed by atoms with Gasteiger partial charge in [0.15, 0.2) is 5.60 Å². The minimum atomic E-state index is -1.26. The molecule has 1 fully saturated rings. The molecule has 0 bridgehead atoms. The summed E-state index contributed by atoms with van der Waals surface area (Å²) in [5.74, 6) is 0.125. The van der Waals surface area contributed by atoms with Gasteiger partial charge in [0.05, 0.1) is 44.5 Å². The summed E-state index contributed by atoms with van der Waals surface area (Å²) in [5, 5.41) is 10.4. The summed E-state index contributed by atoms with van der Waals surface area (Å²) in [6.07, 6.45) is 0.136. The largest absolute Gasteiger partial charge is 0.497 e. The molecule has 0 aromatic heterocycles. The van der Waals surface area contributed by atoms with Gasteiger partial charge in [0.25, 0.3) is 5.91 Å². The number of aliphatic hydroxyl groups excluding tert-OH is 1. The first-order chi connectivity index (χ1) is 23.6. The highest BCUT2D eigenvalue weighted by atomic mass is 127. The Morgan fingerprint density at radius 1 is 1.00 bits per heavy atom. The quantitative estimate of drug-likeness (QED) is 0.195. The van der Waals surface area contributed by atoms with Gasteiger partial charge in [-0.15, -0.1) is 0 Å². The Kier molecular flexibility index (Phi) is 9.09. The first-order valence-electron chi connectivity index (χ1n) is 17.0. The number of aliphatic hydroxyl groups is 1. The van der Waals surface area contributed by atoms with Crippen LogP contribution in [0.15, 0.2) is 97.1 Å². The molecule has 0 saturated carbocycles. The maximum absolute atomic E-state index is 15.0. The maximum Gasteiger partial charge on any atom is 0.264 e. The molecule has 254 valence electrons. The fourth-order valence-electron chi connectivity index (χ4n) is 8.77. The van der Waals surface area contributed by atoms with Crippen LogP contribution in [-0.2, 0) is 44.9 Å². The average molecular weight is 771 g/mol. The Morgan fingerprint density at radius 2 is 1.71 bits per heavy atom. The van der Waals surface area contributed by atoms with E-state index in [0.29, 0.717) is 19.5 Å². The smallest absolute Gasteiger partial charge is 0.264 e. The zero-order chi connectivity index (χ0) is 34.5. The monoisotopic (exact) mass is 770 g/mol. The molecular weight excluding hydrogens is 727 g/mol. The van der Waals surface area contributed by atoms with Crippen molar-refractivity contribution in [2.75, 3.05) is 18.6 Å². The number of anilines is 1. The van der Waals surface area contributed by atoms with Gasteiger partial charge in [0, 0.05) is 27.5 Å². The van der Waals surface area contributed by atoms with Crippen molar-refractivity contribution in [2.45, 2.75) is 69.9 Å². The van der Waals surface area contributed by atoms with Gasteiger partial charge in [-0.25, -0.2) is 0 Å². The number of hydrogen-bond donors (Lipinski definition) is 1. The van der Waals surface area contributed by atoms with Crippen molar-refractivity contribution in [1.29, 1.82) is 0 Å². The summed E-state index contributed by atoms with van der Waals surface area (Å²) in [6, 6.07) is 32.1. The number of ether oxygens (including phenoxy) is 2. The molecule has 4 aromatic carbocycles. The van der Waals surface area contributed by atoms with E-state index in [9.17, 15) is 9.90 Å². The third-order valence-corrected chi connectivity index (χ3v) is 11.9. The highest BCUT2D eigenvalue weighted by molar-refractivity contribution is 14.1.